The monoisotopic (exact) mass is 323 g/mol. The number of aryl methyl sites for hydroxylation is 2. The zero-order chi connectivity index (χ0) is 17.3. The van der Waals surface area contributed by atoms with Crippen molar-refractivity contribution >= 4 is 5.91 Å². The molecule has 1 amide bonds. The maximum absolute atomic E-state index is 12.5. The maximum Gasteiger partial charge on any atom is 0.256 e. The van der Waals surface area contributed by atoms with Crippen LogP contribution in [0.1, 0.15) is 11.4 Å². The second-order valence-electron chi connectivity index (χ2n) is 5.54. The Labute approximate surface area is 138 Å². The molecular formula is C17H17N5O2. The van der Waals surface area contributed by atoms with Gasteiger partial charge in [-0.3, -0.25) is 14.2 Å². The Morgan fingerprint density at radius 1 is 1.17 bits per heavy atom. The lowest BCUT2D eigenvalue weighted by Gasteiger charge is -2.13. The lowest BCUT2D eigenvalue weighted by atomic mass is 10.1. The van der Waals surface area contributed by atoms with Crippen LogP contribution in [0.2, 0.25) is 0 Å². The third-order valence-corrected chi connectivity index (χ3v) is 3.57. The van der Waals surface area contributed by atoms with Crippen LogP contribution in [0.4, 0.5) is 0 Å². The van der Waals surface area contributed by atoms with E-state index in [1.165, 1.54) is 10.6 Å². The summed E-state index contributed by atoms with van der Waals surface area (Å²) >= 11 is 0. The van der Waals surface area contributed by atoms with E-state index in [2.05, 4.69) is 10.1 Å². The molecule has 7 nitrogen and oxygen atoms in total. The third kappa shape index (κ3) is 2.96. The molecule has 0 atom stereocenters. The van der Waals surface area contributed by atoms with Crippen LogP contribution in [-0.2, 0) is 11.3 Å². The van der Waals surface area contributed by atoms with E-state index < -0.39 is 5.91 Å². The fourth-order valence-corrected chi connectivity index (χ4v) is 2.55. The summed E-state index contributed by atoms with van der Waals surface area (Å²) in [6.07, 6.45) is 0. The molecule has 0 unspecified atom stereocenters. The summed E-state index contributed by atoms with van der Waals surface area (Å²) in [6, 6.07) is 12.6. The van der Waals surface area contributed by atoms with Crippen LogP contribution >= 0.6 is 0 Å². The van der Waals surface area contributed by atoms with Gasteiger partial charge in [-0.15, -0.1) is 0 Å². The topological polar surface area (TPSA) is 95.8 Å². The van der Waals surface area contributed by atoms with Gasteiger partial charge in [-0.2, -0.15) is 5.10 Å². The number of nitrogens with zero attached hydrogens (tertiary/aromatic N) is 4. The second-order valence-corrected chi connectivity index (χ2v) is 5.54. The Morgan fingerprint density at radius 3 is 2.46 bits per heavy atom. The average Bonchev–Trinajstić information content (AvgIpc) is 2.88. The molecule has 2 heterocycles. The van der Waals surface area contributed by atoms with Crippen LogP contribution in [0.25, 0.3) is 17.2 Å². The number of nitrogens with two attached hydrogens (primary N) is 1. The van der Waals surface area contributed by atoms with Crippen LogP contribution in [0, 0.1) is 13.8 Å². The van der Waals surface area contributed by atoms with Gasteiger partial charge in [0.1, 0.15) is 6.54 Å². The summed E-state index contributed by atoms with van der Waals surface area (Å²) in [4.78, 5) is 28.4. The van der Waals surface area contributed by atoms with Gasteiger partial charge in [0.15, 0.2) is 0 Å². The van der Waals surface area contributed by atoms with E-state index in [1.807, 2.05) is 50.2 Å². The Balaban J connectivity index is 2.27. The molecule has 0 radical (unpaired) electrons. The summed E-state index contributed by atoms with van der Waals surface area (Å²) in [6.45, 7) is 3.45. The van der Waals surface area contributed by atoms with Gasteiger partial charge in [-0.1, -0.05) is 30.3 Å². The molecule has 3 rings (SSSR count). The van der Waals surface area contributed by atoms with Gasteiger partial charge in [-0.25, -0.2) is 9.67 Å². The van der Waals surface area contributed by atoms with Gasteiger partial charge >= 0.3 is 0 Å². The van der Waals surface area contributed by atoms with E-state index in [9.17, 15) is 9.59 Å². The van der Waals surface area contributed by atoms with Crippen molar-refractivity contribution in [2.24, 2.45) is 5.73 Å². The molecule has 1 aromatic carbocycles. The minimum absolute atomic E-state index is 0.255. The second kappa shape index (κ2) is 6.11. The maximum atomic E-state index is 12.5. The van der Waals surface area contributed by atoms with Gasteiger partial charge in [0.05, 0.1) is 11.4 Å². The number of carbonyl (C=O) groups is 1. The molecule has 122 valence electrons. The molecule has 24 heavy (non-hydrogen) atoms. The number of aromatic nitrogens is 4. The normalized spacial score (nSPS) is 10.8. The Bertz CT molecular complexity index is 957. The fraction of sp³-hybridized carbons (Fsp3) is 0.176. The molecule has 0 spiro atoms. The fourth-order valence-electron chi connectivity index (χ4n) is 2.55. The van der Waals surface area contributed by atoms with E-state index in [1.54, 1.807) is 4.68 Å². The largest absolute Gasteiger partial charge is 0.368 e. The highest BCUT2D eigenvalue weighted by atomic mass is 16.2. The number of amides is 1. The first kappa shape index (κ1) is 15.7. The van der Waals surface area contributed by atoms with E-state index in [0.29, 0.717) is 5.69 Å². The lowest BCUT2D eigenvalue weighted by Crippen LogP contribution is -2.32. The van der Waals surface area contributed by atoms with E-state index in [0.717, 1.165) is 17.0 Å². The summed E-state index contributed by atoms with van der Waals surface area (Å²) < 4.78 is 2.78. The lowest BCUT2D eigenvalue weighted by molar-refractivity contribution is -0.118. The van der Waals surface area contributed by atoms with Gasteiger partial charge in [0, 0.05) is 17.3 Å². The van der Waals surface area contributed by atoms with Crippen molar-refractivity contribution in [1.82, 2.24) is 19.3 Å². The number of carbonyl (C=O) groups excluding carboxylic acids is 1. The first-order valence-corrected chi connectivity index (χ1v) is 7.45. The molecule has 0 aliphatic heterocycles. The van der Waals surface area contributed by atoms with Crippen molar-refractivity contribution in [2.45, 2.75) is 20.4 Å². The zero-order valence-electron chi connectivity index (χ0n) is 13.4. The molecule has 0 aliphatic carbocycles. The van der Waals surface area contributed by atoms with Gasteiger partial charge in [0.2, 0.25) is 11.9 Å². The molecule has 0 aliphatic rings. The van der Waals surface area contributed by atoms with Crippen LogP contribution in [0.3, 0.4) is 0 Å². The average molecular weight is 323 g/mol. The number of hydrogen-bond acceptors (Lipinski definition) is 4. The Kier molecular flexibility index (Phi) is 3.99. The van der Waals surface area contributed by atoms with E-state index >= 15 is 0 Å². The predicted molar refractivity (Wildman–Crippen MR) is 89.7 cm³/mol. The van der Waals surface area contributed by atoms with Crippen molar-refractivity contribution in [2.75, 3.05) is 0 Å². The zero-order valence-corrected chi connectivity index (χ0v) is 13.4. The van der Waals surface area contributed by atoms with Gasteiger partial charge in [-0.05, 0) is 19.9 Å². The molecule has 7 heteroatoms. The van der Waals surface area contributed by atoms with Crippen molar-refractivity contribution in [3.63, 3.8) is 0 Å². The molecule has 0 saturated carbocycles. The minimum Gasteiger partial charge on any atom is -0.368 e. The smallest absolute Gasteiger partial charge is 0.256 e. The molecule has 3 aromatic rings. The summed E-state index contributed by atoms with van der Waals surface area (Å²) in [5.74, 6) is -0.347. The van der Waals surface area contributed by atoms with Crippen molar-refractivity contribution in [3.8, 4) is 17.2 Å². The molecule has 0 saturated heterocycles. The summed E-state index contributed by atoms with van der Waals surface area (Å²) in [5, 5.41) is 4.37. The predicted octanol–water partition coefficient (Wildman–Crippen LogP) is 1.20. The minimum atomic E-state index is -0.617. The molecule has 2 aromatic heterocycles. The highest BCUT2D eigenvalue weighted by Gasteiger charge is 2.16. The van der Waals surface area contributed by atoms with Crippen LogP contribution in [-0.4, -0.2) is 25.2 Å². The standard InChI is InChI=1S/C17H17N5O2/c1-11-8-12(2)22(20-11)17-19-14(13-6-4-3-5-7-13)9-16(24)21(17)10-15(18)23/h3-9H,10H2,1-2H3,(H2,18,23). The third-order valence-electron chi connectivity index (χ3n) is 3.57. The van der Waals surface area contributed by atoms with Crippen molar-refractivity contribution < 1.29 is 4.79 Å². The van der Waals surface area contributed by atoms with Crippen LogP contribution in [0.15, 0.2) is 47.3 Å². The molecule has 0 bridgehead atoms. The molecular weight excluding hydrogens is 306 g/mol. The van der Waals surface area contributed by atoms with Crippen LogP contribution < -0.4 is 11.3 Å². The Morgan fingerprint density at radius 2 is 1.88 bits per heavy atom. The number of rotatable bonds is 4. The Hall–Kier alpha value is -3.22. The molecule has 2 N–H and O–H groups in total. The highest BCUT2D eigenvalue weighted by Crippen LogP contribution is 2.17. The van der Waals surface area contributed by atoms with Crippen LogP contribution in [0.5, 0.6) is 0 Å². The SMILES string of the molecule is Cc1cc(C)n(-c2nc(-c3ccccc3)cc(=O)n2CC(N)=O)n1. The summed E-state index contributed by atoms with van der Waals surface area (Å²) in [5.41, 5.74) is 7.84. The van der Waals surface area contributed by atoms with E-state index in [-0.39, 0.29) is 18.1 Å². The summed E-state index contributed by atoms with van der Waals surface area (Å²) in [7, 11) is 0. The number of hydrogen-bond donors (Lipinski definition) is 1. The number of benzene rings is 1. The van der Waals surface area contributed by atoms with Crippen molar-refractivity contribution in [3.05, 3.63) is 64.2 Å². The van der Waals surface area contributed by atoms with E-state index in [4.69, 9.17) is 5.73 Å². The first-order valence-electron chi connectivity index (χ1n) is 7.45. The highest BCUT2D eigenvalue weighted by molar-refractivity contribution is 5.74. The van der Waals surface area contributed by atoms with Gasteiger partial charge in [0.25, 0.3) is 5.56 Å². The van der Waals surface area contributed by atoms with Gasteiger partial charge < -0.3 is 5.73 Å². The molecule has 0 fully saturated rings. The van der Waals surface area contributed by atoms with Crippen molar-refractivity contribution in [1.29, 1.82) is 0 Å². The quantitative estimate of drug-likeness (QED) is 0.780. The number of primary amides is 1. The first-order chi connectivity index (χ1) is 11.5.